The average Bonchev–Trinajstić information content (AvgIpc) is 2.71. The summed E-state index contributed by atoms with van der Waals surface area (Å²) in [6.07, 6.45) is 5.52. The van der Waals surface area contributed by atoms with Crippen LogP contribution >= 0.6 is 11.9 Å². The quantitative estimate of drug-likeness (QED) is 0.457. The van der Waals surface area contributed by atoms with E-state index >= 15 is 0 Å². The minimum absolute atomic E-state index is 0.320. The average molecular weight is 261 g/mol. The van der Waals surface area contributed by atoms with Gasteiger partial charge < -0.3 is 4.74 Å². The van der Waals surface area contributed by atoms with E-state index in [-0.39, 0.29) is 5.97 Å². The van der Waals surface area contributed by atoms with Crippen LogP contribution in [0.4, 0.5) is 0 Å². The van der Waals surface area contributed by atoms with Crippen molar-refractivity contribution >= 4 is 23.8 Å². The maximum Gasteiger partial charge on any atom is 0.345 e. The lowest BCUT2D eigenvalue weighted by molar-refractivity contribution is 0.0738. The molecule has 1 aromatic carbocycles. The fraction of sp³-hybridized carbons (Fsp3) is 0.286. The smallest absolute Gasteiger partial charge is 0.345 e. The summed E-state index contributed by atoms with van der Waals surface area (Å²) in [4.78, 5) is 11.5. The van der Waals surface area contributed by atoms with E-state index in [1.54, 1.807) is 6.07 Å². The Morgan fingerprint density at radius 2 is 2.11 bits per heavy atom. The number of hydrogen-bond acceptors (Lipinski definition) is 4. The highest BCUT2D eigenvalue weighted by atomic mass is 32.2. The van der Waals surface area contributed by atoms with Gasteiger partial charge in [0.05, 0.1) is 11.1 Å². The summed E-state index contributed by atoms with van der Waals surface area (Å²) in [5, 5.41) is 1.93. The molecule has 0 atom stereocenters. The number of benzene rings is 1. The zero-order chi connectivity index (χ0) is 12.8. The molecule has 0 aliphatic carbocycles. The first-order valence-electron chi connectivity index (χ1n) is 6.03. The van der Waals surface area contributed by atoms with Gasteiger partial charge in [0.15, 0.2) is 0 Å². The number of hydrogen-bond donors (Lipinski definition) is 0. The van der Waals surface area contributed by atoms with Crippen LogP contribution in [-0.4, -0.2) is 11.9 Å². The normalized spacial score (nSPS) is 16.3. The van der Waals surface area contributed by atoms with Gasteiger partial charge in [-0.05, 0) is 24.0 Å². The summed E-state index contributed by atoms with van der Waals surface area (Å²) < 4.78 is 9.33. The third-order valence-electron chi connectivity index (χ3n) is 2.58. The molecule has 0 spiro atoms. The fourth-order valence-corrected chi connectivity index (χ4v) is 2.14. The SMILES string of the molecule is CCCC/C=C/S/N=C1\OC(=O)c2ccccc21. The molecule has 1 aliphatic heterocycles. The van der Waals surface area contributed by atoms with Crippen LogP contribution in [0.15, 0.2) is 40.1 Å². The summed E-state index contributed by atoms with van der Waals surface area (Å²) in [5.41, 5.74) is 1.36. The predicted octanol–water partition coefficient (Wildman–Crippen LogP) is 3.96. The molecule has 18 heavy (non-hydrogen) atoms. The van der Waals surface area contributed by atoms with Gasteiger partial charge >= 0.3 is 5.97 Å². The Labute approximate surface area is 111 Å². The van der Waals surface area contributed by atoms with E-state index in [2.05, 4.69) is 17.4 Å². The number of carbonyl (C=O) groups is 1. The van der Waals surface area contributed by atoms with Crippen molar-refractivity contribution in [2.24, 2.45) is 4.40 Å². The van der Waals surface area contributed by atoms with Crippen LogP contribution in [0.25, 0.3) is 0 Å². The van der Waals surface area contributed by atoms with Gasteiger partial charge in [-0.1, -0.05) is 38.0 Å². The van der Waals surface area contributed by atoms with E-state index < -0.39 is 0 Å². The molecular weight excluding hydrogens is 246 g/mol. The van der Waals surface area contributed by atoms with E-state index in [9.17, 15) is 4.79 Å². The van der Waals surface area contributed by atoms with Crippen molar-refractivity contribution in [2.45, 2.75) is 26.2 Å². The lowest BCUT2D eigenvalue weighted by atomic mass is 10.1. The molecule has 0 N–H and O–H groups in total. The van der Waals surface area contributed by atoms with Gasteiger partial charge in [-0.15, -0.1) is 0 Å². The van der Waals surface area contributed by atoms with Crippen molar-refractivity contribution in [1.82, 2.24) is 0 Å². The van der Waals surface area contributed by atoms with Gasteiger partial charge in [-0.25, -0.2) is 4.79 Å². The molecule has 2 rings (SSSR count). The standard InChI is InChI=1S/C14H15NO2S/c1-2-3-4-7-10-18-15-13-11-8-5-6-9-12(11)14(16)17-13/h5-10H,2-4H2,1H3/b10-7+,15-13-. The van der Waals surface area contributed by atoms with Crippen LogP contribution in [-0.2, 0) is 4.74 Å². The van der Waals surface area contributed by atoms with Gasteiger partial charge in [0, 0.05) is 11.9 Å². The number of carbonyl (C=O) groups excluding carboxylic acids is 1. The number of nitrogens with zero attached hydrogens (tertiary/aromatic N) is 1. The molecule has 3 nitrogen and oxygen atoms in total. The number of cyclic esters (lactones) is 1. The van der Waals surface area contributed by atoms with Crippen LogP contribution in [0.5, 0.6) is 0 Å². The Balaban J connectivity index is 1.99. The van der Waals surface area contributed by atoms with Crippen LogP contribution in [0, 0.1) is 0 Å². The highest BCUT2D eigenvalue weighted by Crippen LogP contribution is 2.22. The zero-order valence-electron chi connectivity index (χ0n) is 10.3. The molecule has 1 heterocycles. The summed E-state index contributed by atoms with van der Waals surface area (Å²) in [5.74, 6) is 0.0839. The second-order valence-corrected chi connectivity index (χ2v) is 4.62. The molecule has 1 aromatic rings. The highest BCUT2D eigenvalue weighted by Gasteiger charge is 2.26. The van der Waals surface area contributed by atoms with Crippen molar-refractivity contribution in [2.75, 3.05) is 0 Å². The monoisotopic (exact) mass is 261 g/mol. The number of ether oxygens (including phenoxy) is 1. The van der Waals surface area contributed by atoms with E-state index in [1.807, 2.05) is 23.6 Å². The lowest BCUT2D eigenvalue weighted by Gasteiger charge is -1.94. The van der Waals surface area contributed by atoms with Crippen LogP contribution in [0.2, 0.25) is 0 Å². The molecule has 0 aromatic heterocycles. The van der Waals surface area contributed by atoms with E-state index in [1.165, 1.54) is 24.8 Å². The summed E-state index contributed by atoms with van der Waals surface area (Å²) in [6.45, 7) is 2.16. The molecule has 0 amide bonds. The molecule has 0 saturated carbocycles. The molecule has 0 radical (unpaired) electrons. The van der Waals surface area contributed by atoms with E-state index in [0.29, 0.717) is 11.5 Å². The Bertz CT molecular complexity index is 494. The predicted molar refractivity (Wildman–Crippen MR) is 74.7 cm³/mol. The topological polar surface area (TPSA) is 38.7 Å². The molecule has 1 aliphatic rings. The third kappa shape index (κ3) is 3.01. The van der Waals surface area contributed by atoms with Gasteiger partial charge in [0.25, 0.3) is 0 Å². The van der Waals surface area contributed by atoms with Crippen molar-refractivity contribution in [3.8, 4) is 0 Å². The molecule has 4 heteroatoms. The Morgan fingerprint density at radius 1 is 1.33 bits per heavy atom. The minimum atomic E-state index is -0.320. The molecule has 0 unspecified atom stereocenters. The maximum absolute atomic E-state index is 11.5. The number of fused-ring (bicyclic) bond motifs is 1. The molecule has 0 bridgehead atoms. The van der Waals surface area contributed by atoms with Gasteiger partial charge in [-0.3, -0.25) is 0 Å². The summed E-state index contributed by atoms with van der Waals surface area (Å²) in [6, 6.07) is 7.29. The molecular formula is C14H15NO2S. The number of esters is 1. The minimum Gasteiger partial charge on any atom is -0.403 e. The highest BCUT2D eigenvalue weighted by molar-refractivity contribution is 8.01. The van der Waals surface area contributed by atoms with Crippen molar-refractivity contribution in [3.63, 3.8) is 0 Å². The molecule has 94 valence electrons. The Morgan fingerprint density at radius 3 is 2.89 bits per heavy atom. The molecule has 0 saturated heterocycles. The summed E-state index contributed by atoms with van der Waals surface area (Å²) >= 11 is 1.30. The zero-order valence-corrected chi connectivity index (χ0v) is 11.1. The first-order chi connectivity index (χ1) is 8.83. The van der Waals surface area contributed by atoms with Gasteiger partial charge in [-0.2, -0.15) is 4.40 Å². The van der Waals surface area contributed by atoms with E-state index in [4.69, 9.17) is 4.74 Å². The number of unbranched alkanes of at least 4 members (excludes halogenated alkanes) is 2. The van der Waals surface area contributed by atoms with Gasteiger partial charge in [0.1, 0.15) is 0 Å². The molecule has 0 fully saturated rings. The van der Waals surface area contributed by atoms with Crippen molar-refractivity contribution < 1.29 is 9.53 Å². The van der Waals surface area contributed by atoms with Crippen molar-refractivity contribution in [3.05, 3.63) is 46.9 Å². The fourth-order valence-electron chi connectivity index (χ4n) is 1.62. The Kier molecular flexibility index (Phi) is 4.59. The lowest BCUT2D eigenvalue weighted by Crippen LogP contribution is -1.98. The third-order valence-corrected chi connectivity index (χ3v) is 3.17. The first-order valence-corrected chi connectivity index (χ1v) is 6.87. The van der Waals surface area contributed by atoms with Crippen molar-refractivity contribution in [1.29, 1.82) is 0 Å². The Hall–Kier alpha value is -1.55. The van der Waals surface area contributed by atoms with Gasteiger partial charge in [0.2, 0.25) is 5.90 Å². The number of allylic oxidation sites excluding steroid dienone is 1. The van der Waals surface area contributed by atoms with Crippen LogP contribution < -0.4 is 0 Å². The summed E-state index contributed by atoms with van der Waals surface area (Å²) in [7, 11) is 0. The number of rotatable bonds is 5. The van der Waals surface area contributed by atoms with E-state index in [0.717, 1.165) is 12.0 Å². The second-order valence-electron chi connectivity index (χ2n) is 3.95. The second kappa shape index (κ2) is 6.40. The van der Waals surface area contributed by atoms with Crippen LogP contribution in [0.3, 0.4) is 0 Å². The largest absolute Gasteiger partial charge is 0.403 e. The van der Waals surface area contributed by atoms with Crippen LogP contribution in [0.1, 0.15) is 42.1 Å². The maximum atomic E-state index is 11.5. The first kappa shape index (κ1) is 12.9.